The molecule has 1 N–H and O–H groups in total. The molecule has 0 aromatic carbocycles. The van der Waals surface area contributed by atoms with Crippen LogP contribution in [0.1, 0.15) is 39.1 Å². The average molecular weight is 267 g/mol. The van der Waals surface area contributed by atoms with Crippen molar-refractivity contribution in [2.24, 2.45) is 5.92 Å². The Hall–Kier alpha value is -0.450. The Morgan fingerprint density at radius 2 is 2.39 bits per heavy atom. The monoisotopic (exact) mass is 267 g/mol. The largest absolute Gasteiger partial charge is 0.311 e. The van der Waals surface area contributed by atoms with E-state index < -0.39 is 0 Å². The molecular weight excluding hydrogens is 242 g/mol. The van der Waals surface area contributed by atoms with Crippen LogP contribution in [0.3, 0.4) is 0 Å². The van der Waals surface area contributed by atoms with Crippen molar-refractivity contribution in [1.82, 2.24) is 15.2 Å². The number of hydrogen-bond donors (Lipinski definition) is 1. The van der Waals surface area contributed by atoms with Crippen LogP contribution in [0.25, 0.3) is 0 Å². The topological polar surface area (TPSA) is 28.2 Å². The van der Waals surface area contributed by atoms with E-state index in [1.807, 2.05) is 6.20 Å². The first-order valence-corrected chi connectivity index (χ1v) is 7.80. The molecule has 2 unspecified atom stereocenters. The number of hydrogen-bond acceptors (Lipinski definition) is 4. The third-order valence-electron chi connectivity index (χ3n) is 4.30. The first kappa shape index (κ1) is 14.0. The smallest absolute Gasteiger partial charge is 0.107 e. The van der Waals surface area contributed by atoms with Crippen LogP contribution in [0, 0.1) is 5.92 Å². The lowest BCUT2D eigenvalue weighted by Crippen LogP contribution is -2.63. The van der Waals surface area contributed by atoms with Crippen molar-refractivity contribution in [2.75, 3.05) is 13.1 Å². The van der Waals surface area contributed by atoms with Gasteiger partial charge in [-0.2, -0.15) is 0 Å². The number of thiazole rings is 1. The first-order valence-electron chi connectivity index (χ1n) is 6.92. The molecule has 18 heavy (non-hydrogen) atoms. The summed E-state index contributed by atoms with van der Waals surface area (Å²) in [4.78, 5) is 7.05. The van der Waals surface area contributed by atoms with E-state index in [1.54, 1.807) is 11.3 Å². The molecular formula is C14H25N3S. The van der Waals surface area contributed by atoms with Crippen LogP contribution in [0.15, 0.2) is 11.6 Å². The molecule has 3 nitrogen and oxygen atoms in total. The Labute approximate surface area is 115 Å². The van der Waals surface area contributed by atoms with Gasteiger partial charge in [-0.1, -0.05) is 20.8 Å². The predicted molar refractivity (Wildman–Crippen MR) is 77.8 cm³/mol. The minimum Gasteiger partial charge on any atom is -0.311 e. The Morgan fingerprint density at radius 1 is 1.61 bits per heavy atom. The highest BCUT2D eigenvalue weighted by Gasteiger charge is 2.37. The van der Waals surface area contributed by atoms with E-state index in [0.29, 0.717) is 12.0 Å². The quantitative estimate of drug-likeness (QED) is 0.909. The van der Waals surface area contributed by atoms with E-state index in [2.05, 4.69) is 48.3 Å². The minimum atomic E-state index is 0.261. The zero-order chi connectivity index (χ0) is 13.2. The molecule has 1 saturated heterocycles. The summed E-state index contributed by atoms with van der Waals surface area (Å²) in [7, 11) is 0. The zero-order valence-corrected chi connectivity index (χ0v) is 12.8. The fourth-order valence-corrected chi connectivity index (χ4v) is 3.16. The highest BCUT2D eigenvalue weighted by molar-refractivity contribution is 7.09. The second kappa shape index (κ2) is 5.68. The Balaban J connectivity index is 2.10. The molecule has 0 radical (unpaired) electrons. The molecule has 1 aliphatic rings. The van der Waals surface area contributed by atoms with Gasteiger partial charge in [-0.25, -0.2) is 4.98 Å². The Kier molecular flexibility index (Phi) is 4.41. The van der Waals surface area contributed by atoms with Gasteiger partial charge in [0.05, 0.1) is 6.54 Å². The highest BCUT2D eigenvalue weighted by Crippen LogP contribution is 2.27. The summed E-state index contributed by atoms with van der Waals surface area (Å²) in [5, 5.41) is 7.02. The average Bonchev–Trinajstić information content (AvgIpc) is 2.84. The molecule has 4 heteroatoms. The molecule has 0 saturated carbocycles. The fourth-order valence-electron chi connectivity index (χ4n) is 2.53. The third-order valence-corrected chi connectivity index (χ3v) is 5.07. The van der Waals surface area contributed by atoms with E-state index in [-0.39, 0.29) is 5.54 Å². The minimum absolute atomic E-state index is 0.261. The number of rotatable bonds is 4. The second-order valence-corrected chi connectivity index (χ2v) is 6.87. The summed E-state index contributed by atoms with van der Waals surface area (Å²) in [6.45, 7) is 12.4. The maximum atomic E-state index is 4.44. The summed E-state index contributed by atoms with van der Waals surface area (Å²) in [5.41, 5.74) is 0.261. The van der Waals surface area contributed by atoms with Gasteiger partial charge < -0.3 is 5.32 Å². The number of nitrogens with zero attached hydrogens (tertiary/aromatic N) is 2. The lowest BCUT2D eigenvalue weighted by molar-refractivity contribution is 0.0316. The van der Waals surface area contributed by atoms with Gasteiger partial charge in [0.2, 0.25) is 0 Å². The summed E-state index contributed by atoms with van der Waals surface area (Å²) < 4.78 is 0. The van der Waals surface area contributed by atoms with Gasteiger partial charge in [-0.3, -0.25) is 4.90 Å². The van der Waals surface area contributed by atoms with Crippen LogP contribution in [0.5, 0.6) is 0 Å². The molecule has 2 atom stereocenters. The van der Waals surface area contributed by atoms with Crippen molar-refractivity contribution in [3.63, 3.8) is 0 Å². The van der Waals surface area contributed by atoms with Gasteiger partial charge in [-0.15, -0.1) is 11.3 Å². The zero-order valence-electron chi connectivity index (χ0n) is 11.9. The number of piperazine rings is 1. The van der Waals surface area contributed by atoms with Crippen LogP contribution in [-0.4, -0.2) is 34.6 Å². The van der Waals surface area contributed by atoms with E-state index in [9.17, 15) is 0 Å². The van der Waals surface area contributed by atoms with Crippen molar-refractivity contribution in [1.29, 1.82) is 0 Å². The highest BCUT2D eigenvalue weighted by atomic mass is 32.1. The molecule has 2 rings (SSSR count). The van der Waals surface area contributed by atoms with Crippen LogP contribution < -0.4 is 5.32 Å². The van der Waals surface area contributed by atoms with Crippen LogP contribution in [0.2, 0.25) is 0 Å². The molecule has 0 aliphatic carbocycles. The lowest BCUT2D eigenvalue weighted by Gasteiger charge is -2.48. The van der Waals surface area contributed by atoms with E-state index in [4.69, 9.17) is 0 Å². The molecule has 1 aromatic heterocycles. The lowest BCUT2D eigenvalue weighted by atomic mass is 9.89. The van der Waals surface area contributed by atoms with Crippen LogP contribution in [0.4, 0.5) is 0 Å². The van der Waals surface area contributed by atoms with Crippen molar-refractivity contribution in [3.05, 3.63) is 16.6 Å². The molecule has 102 valence electrons. The Morgan fingerprint density at radius 3 is 2.94 bits per heavy atom. The maximum Gasteiger partial charge on any atom is 0.107 e. The van der Waals surface area contributed by atoms with E-state index >= 15 is 0 Å². The van der Waals surface area contributed by atoms with Gasteiger partial charge in [0.25, 0.3) is 0 Å². The van der Waals surface area contributed by atoms with Gasteiger partial charge >= 0.3 is 0 Å². The van der Waals surface area contributed by atoms with E-state index in [0.717, 1.165) is 19.6 Å². The molecule has 1 fully saturated rings. The van der Waals surface area contributed by atoms with E-state index in [1.165, 1.54) is 11.4 Å². The number of nitrogens with one attached hydrogen (secondary N) is 1. The van der Waals surface area contributed by atoms with Gasteiger partial charge in [0.15, 0.2) is 0 Å². The van der Waals surface area contributed by atoms with Crippen molar-refractivity contribution >= 4 is 11.3 Å². The first-order chi connectivity index (χ1) is 8.55. The molecule has 0 amide bonds. The fraction of sp³-hybridized carbons (Fsp3) is 0.786. The standard InChI is InChI=1S/C14H25N3S/c1-5-14(4)10-16-12(11(2)3)8-17(14)9-13-15-6-7-18-13/h6-7,11-12,16H,5,8-10H2,1-4H3. The van der Waals surface area contributed by atoms with Gasteiger partial charge in [0.1, 0.15) is 5.01 Å². The van der Waals surface area contributed by atoms with Crippen molar-refractivity contribution in [2.45, 2.75) is 52.2 Å². The summed E-state index contributed by atoms with van der Waals surface area (Å²) in [5.74, 6) is 0.685. The van der Waals surface area contributed by atoms with Crippen molar-refractivity contribution in [3.8, 4) is 0 Å². The molecule has 0 bridgehead atoms. The normalized spacial score (nSPS) is 29.9. The molecule has 1 aromatic rings. The maximum absolute atomic E-state index is 4.44. The number of aromatic nitrogens is 1. The molecule has 1 aliphatic heterocycles. The summed E-state index contributed by atoms with van der Waals surface area (Å²) >= 11 is 1.76. The summed E-state index contributed by atoms with van der Waals surface area (Å²) in [6, 6.07) is 0.601. The molecule has 2 heterocycles. The Bertz CT molecular complexity index is 363. The van der Waals surface area contributed by atoms with Crippen LogP contribution >= 0.6 is 11.3 Å². The predicted octanol–water partition coefficient (Wildman–Crippen LogP) is 2.74. The van der Waals surface area contributed by atoms with Crippen molar-refractivity contribution < 1.29 is 0 Å². The summed E-state index contributed by atoms with van der Waals surface area (Å²) in [6.07, 6.45) is 3.08. The molecule has 0 spiro atoms. The van der Waals surface area contributed by atoms with Gasteiger partial charge in [0, 0.05) is 36.2 Å². The van der Waals surface area contributed by atoms with Gasteiger partial charge in [-0.05, 0) is 19.3 Å². The SMILES string of the molecule is CCC1(C)CNC(C(C)C)CN1Cc1nccs1. The third kappa shape index (κ3) is 2.92. The van der Waals surface area contributed by atoms with Crippen LogP contribution in [-0.2, 0) is 6.54 Å². The second-order valence-electron chi connectivity index (χ2n) is 5.89.